The second-order valence-corrected chi connectivity index (χ2v) is 6.20. The highest BCUT2D eigenvalue weighted by atomic mass is 16.5. The summed E-state index contributed by atoms with van der Waals surface area (Å²) in [6.45, 7) is 9.12. The zero-order valence-corrected chi connectivity index (χ0v) is 15.4. The van der Waals surface area contributed by atoms with Gasteiger partial charge in [0.2, 0.25) is 0 Å². The zero-order chi connectivity index (χ0) is 18.0. The normalized spacial score (nSPS) is 15.8. The molecule has 7 nitrogen and oxygen atoms in total. The highest BCUT2D eigenvalue weighted by Gasteiger charge is 2.09. The van der Waals surface area contributed by atoms with Crippen LogP contribution in [-0.2, 0) is 11.3 Å². The number of guanidine groups is 1. The Labute approximate surface area is 155 Å². The van der Waals surface area contributed by atoms with E-state index in [2.05, 4.69) is 39.7 Å². The third-order valence-corrected chi connectivity index (χ3v) is 4.27. The lowest BCUT2D eigenvalue weighted by molar-refractivity contribution is 0.0389. The lowest BCUT2D eigenvalue weighted by Crippen LogP contribution is -2.44. The van der Waals surface area contributed by atoms with E-state index >= 15 is 0 Å². The molecule has 1 aliphatic heterocycles. The van der Waals surface area contributed by atoms with Gasteiger partial charge in [0.05, 0.1) is 25.4 Å². The molecule has 2 N–H and O–H groups in total. The fraction of sp³-hybridized carbons (Fsp3) is 0.474. The van der Waals surface area contributed by atoms with Crippen LogP contribution in [0.1, 0.15) is 12.5 Å². The summed E-state index contributed by atoms with van der Waals surface area (Å²) in [5.41, 5.74) is 2.20. The number of hydrogen-bond donors (Lipinski definition) is 2. The number of aromatic nitrogens is 2. The Bertz CT molecular complexity index is 679. The molecule has 140 valence electrons. The molecule has 0 aliphatic carbocycles. The molecule has 3 rings (SSSR count). The fourth-order valence-corrected chi connectivity index (χ4v) is 2.89. The molecule has 1 aromatic heterocycles. The van der Waals surface area contributed by atoms with Crippen LogP contribution in [0.25, 0.3) is 5.69 Å². The monoisotopic (exact) mass is 356 g/mol. The summed E-state index contributed by atoms with van der Waals surface area (Å²) in [5, 5.41) is 11.0. The van der Waals surface area contributed by atoms with Crippen molar-refractivity contribution in [3.8, 4) is 5.69 Å². The fourth-order valence-electron chi connectivity index (χ4n) is 2.89. The molecule has 7 heteroatoms. The maximum absolute atomic E-state index is 5.39. The van der Waals surface area contributed by atoms with E-state index in [1.165, 1.54) is 0 Å². The Kier molecular flexibility index (Phi) is 7.04. The van der Waals surface area contributed by atoms with Crippen LogP contribution >= 0.6 is 0 Å². The van der Waals surface area contributed by atoms with Gasteiger partial charge in [-0.1, -0.05) is 12.1 Å². The number of nitrogens with one attached hydrogen (secondary N) is 2. The van der Waals surface area contributed by atoms with Gasteiger partial charge in [-0.2, -0.15) is 5.10 Å². The first-order valence-electron chi connectivity index (χ1n) is 9.26. The van der Waals surface area contributed by atoms with Gasteiger partial charge in [0.25, 0.3) is 0 Å². The summed E-state index contributed by atoms with van der Waals surface area (Å²) >= 11 is 0. The van der Waals surface area contributed by atoms with Crippen molar-refractivity contribution >= 4 is 5.96 Å². The molecular formula is C19H28N6O. The van der Waals surface area contributed by atoms with Crippen molar-refractivity contribution < 1.29 is 4.74 Å². The van der Waals surface area contributed by atoms with E-state index in [4.69, 9.17) is 9.73 Å². The molecule has 0 amide bonds. The Hall–Kier alpha value is -2.38. The molecule has 26 heavy (non-hydrogen) atoms. The van der Waals surface area contributed by atoms with Gasteiger partial charge in [-0.15, -0.1) is 0 Å². The van der Waals surface area contributed by atoms with Crippen LogP contribution in [0, 0.1) is 0 Å². The first-order chi connectivity index (χ1) is 12.8. The maximum atomic E-state index is 5.39. The Morgan fingerprint density at radius 2 is 2.12 bits per heavy atom. The molecule has 1 fully saturated rings. The van der Waals surface area contributed by atoms with E-state index in [0.717, 1.165) is 63.1 Å². The second-order valence-electron chi connectivity index (χ2n) is 6.20. The summed E-state index contributed by atoms with van der Waals surface area (Å²) < 4.78 is 7.25. The van der Waals surface area contributed by atoms with Crippen molar-refractivity contribution in [2.75, 3.05) is 45.9 Å². The van der Waals surface area contributed by atoms with Crippen molar-refractivity contribution in [1.82, 2.24) is 25.3 Å². The number of hydrogen-bond acceptors (Lipinski definition) is 4. The van der Waals surface area contributed by atoms with Crippen LogP contribution < -0.4 is 10.6 Å². The summed E-state index contributed by atoms with van der Waals surface area (Å²) in [6.07, 6.45) is 3.73. The minimum Gasteiger partial charge on any atom is -0.379 e. The van der Waals surface area contributed by atoms with Crippen molar-refractivity contribution in [2.45, 2.75) is 13.5 Å². The quantitative estimate of drug-likeness (QED) is 0.578. The topological polar surface area (TPSA) is 66.7 Å². The van der Waals surface area contributed by atoms with Crippen LogP contribution in [0.5, 0.6) is 0 Å². The Morgan fingerprint density at radius 3 is 2.88 bits per heavy atom. The van der Waals surface area contributed by atoms with Crippen LogP contribution in [0.15, 0.2) is 47.7 Å². The van der Waals surface area contributed by atoms with Gasteiger partial charge < -0.3 is 15.4 Å². The number of nitrogens with zero attached hydrogens (tertiary/aromatic N) is 4. The average molecular weight is 356 g/mol. The van der Waals surface area contributed by atoms with Crippen molar-refractivity contribution in [3.63, 3.8) is 0 Å². The van der Waals surface area contributed by atoms with E-state index in [1.807, 2.05) is 29.1 Å². The molecule has 1 saturated heterocycles. The third-order valence-electron chi connectivity index (χ3n) is 4.27. The second kappa shape index (κ2) is 9.94. The van der Waals surface area contributed by atoms with E-state index in [0.29, 0.717) is 6.54 Å². The molecule has 1 aromatic carbocycles. The SMILES string of the molecule is CCNC(=NCc1cccc(-n2cccn2)c1)NCCN1CCOCC1. The molecule has 0 spiro atoms. The molecule has 0 unspecified atom stereocenters. The number of morpholine rings is 1. The van der Waals surface area contributed by atoms with Gasteiger partial charge in [-0.25, -0.2) is 9.67 Å². The number of ether oxygens (including phenoxy) is 1. The number of benzene rings is 1. The largest absolute Gasteiger partial charge is 0.379 e. The van der Waals surface area contributed by atoms with Gasteiger partial charge in [-0.3, -0.25) is 4.90 Å². The van der Waals surface area contributed by atoms with Gasteiger partial charge in [0, 0.05) is 45.1 Å². The molecule has 0 bridgehead atoms. The predicted molar refractivity (Wildman–Crippen MR) is 104 cm³/mol. The van der Waals surface area contributed by atoms with Crippen LogP contribution in [-0.4, -0.2) is 66.6 Å². The van der Waals surface area contributed by atoms with Gasteiger partial charge in [-0.05, 0) is 30.7 Å². The van der Waals surface area contributed by atoms with Crippen LogP contribution in [0.2, 0.25) is 0 Å². The van der Waals surface area contributed by atoms with Crippen molar-refractivity contribution in [2.24, 2.45) is 4.99 Å². The third kappa shape index (κ3) is 5.57. The lowest BCUT2D eigenvalue weighted by atomic mass is 10.2. The van der Waals surface area contributed by atoms with E-state index < -0.39 is 0 Å². The number of aliphatic imine (C=N–C) groups is 1. The summed E-state index contributed by atoms with van der Waals surface area (Å²) in [7, 11) is 0. The first kappa shape index (κ1) is 18.4. The van der Waals surface area contributed by atoms with Crippen LogP contribution in [0.4, 0.5) is 0 Å². The van der Waals surface area contributed by atoms with Crippen LogP contribution in [0.3, 0.4) is 0 Å². The summed E-state index contributed by atoms with van der Waals surface area (Å²) in [5.74, 6) is 0.852. The van der Waals surface area contributed by atoms with E-state index in [1.54, 1.807) is 6.20 Å². The Morgan fingerprint density at radius 1 is 1.23 bits per heavy atom. The molecule has 0 saturated carbocycles. The maximum Gasteiger partial charge on any atom is 0.191 e. The molecular weight excluding hydrogens is 328 g/mol. The summed E-state index contributed by atoms with van der Waals surface area (Å²) in [6, 6.07) is 10.2. The smallest absolute Gasteiger partial charge is 0.191 e. The molecule has 0 radical (unpaired) electrons. The minimum absolute atomic E-state index is 0.627. The first-order valence-corrected chi connectivity index (χ1v) is 9.26. The molecule has 1 aliphatic rings. The molecule has 0 atom stereocenters. The predicted octanol–water partition coefficient (Wildman–Crippen LogP) is 1.26. The standard InChI is InChI=1S/C19H28N6O/c1-2-20-19(21-8-10-24-11-13-26-14-12-24)22-16-17-5-3-6-18(15-17)25-9-4-7-23-25/h3-7,9,15H,2,8,10-14,16H2,1H3,(H2,20,21,22). The van der Waals surface area contributed by atoms with Crippen molar-refractivity contribution in [1.29, 1.82) is 0 Å². The van der Waals surface area contributed by atoms with Crippen molar-refractivity contribution in [3.05, 3.63) is 48.3 Å². The molecule has 2 aromatic rings. The van der Waals surface area contributed by atoms with E-state index in [9.17, 15) is 0 Å². The average Bonchev–Trinajstić information content (AvgIpc) is 3.22. The highest BCUT2D eigenvalue weighted by Crippen LogP contribution is 2.10. The van der Waals surface area contributed by atoms with Gasteiger partial charge in [0.1, 0.15) is 0 Å². The van der Waals surface area contributed by atoms with Gasteiger partial charge >= 0.3 is 0 Å². The summed E-state index contributed by atoms with van der Waals surface area (Å²) in [4.78, 5) is 7.12. The Balaban J connectivity index is 1.54. The lowest BCUT2D eigenvalue weighted by Gasteiger charge is -2.26. The van der Waals surface area contributed by atoms with Gasteiger partial charge in [0.15, 0.2) is 5.96 Å². The minimum atomic E-state index is 0.627. The molecule has 2 heterocycles. The zero-order valence-electron chi connectivity index (χ0n) is 15.4. The van der Waals surface area contributed by atoms with E-state index in [-0.39, 0.29) is 0 Å². The number of rotatable bonds is 7. The highest BCUT2D eigenvalue weighted by molar-refractivity contribution is 5.79.